The first-order chi connectivity index (χ1) is 6.81. The second kappa shape index (κ2) is 4.33. The predicted octanol–water partition coefficient (Wildman–Crippen LogP) is 2.81. The van der Waals surface area contributed by atoms with Crippen LogP contribution in [0.1, 0.15) is 29.2 Å². The zero-order chi connectivity index (χ0) is 9.97. The lowest BCUT2D eigenvalue weighted by atomic mass is 9.91. The van der Waals surface area contributed by atoms with E-state index in [4.69, 9.17) is 11.6 Å². The van der Waals surface area contributed by atoms with E-state index < -0.39 is 0 Å². The summed E-state index contributed by atoms with van der Waals surface area (Å²) >= 11 is 5.80. The number of rotatable bonds is 2. The number of aryl methyl sites for hydroxylation is 1. The first-order valence-corrected chi connectivity index (χ1v) is 5.73. The van der Waals surface area contributed by atoms with Crippen molar-refractivity contribution in [3.8, 4) is 0 Å². The molecule has 0 radical (unpaired) electrons. The van der Waals surface area contributed by atoms with E-state index in [9.17, 15) is 0 Å². The Hall–Kier alpha value is -0.530. The third kappa shape index (κ3) is 1.94. The summed E-state index contributed by atoms with van der Waals surface area (Å²) in [6, 6.07) is 7.21. The summed E-state index contributed by atoms with van der Waals surface area (Å²) in [5.41, 5.74) is 4.29. The summed E-state index contributed by atoms with van der Waals surface area (Å²) in [5, 5.41) is 3.52. The molecule has 0 aliphatic carbocycles. The molecular formula is C12H16ClN. The quantitative estimate of drug-likeness (QED) is 0.739. The van der Waals surface area contributed by atoms with Crippen LogP contribution in [0.15, 0.2) is 18.2 Å². The van der Waals surface area contributed by atoms with E-state index in [1.165, 1.54) is 16.7 Å². The highest BCUT2D eigenvalue weighted by Crippen LogP contribution is 2.26. The van der Waals surface area contributed by atoms with Crippen LogP contribution in [0.25, 0.3) is 0 Å². The van der Waals surface area contributed by atoms with Crippen molar-refractivity contribution in [1.82, 2.24) is 5.32 Å². The second-order valence-corrected chi connectivity index (χ2v) is 4.31. The highest BCUT2D eigenvalue weighted by atomic mass is 35.5. The molecule has 1 nitrogen and oxygen atoms in total. The van der Waals surface area contributed by atoms with Crippen LogP contribution in [0.3, 0.4) is 0 Å². The van der Waals surface area contributed by atoms with Crippen LogP contribution < -0.4 is 5.32 Å². The summed E-state index contributed by atoms with van der Waals surface area (Å²) in [4.78, 5) is 0. The van der Waals surface area contributed by atoms with Gasteiger partial charge in [0.2, 0.25) is 0 Å². The van der Waals surface area contributed by atoms with Crippen molar-refractivity contribution in [2.75, 3.05) is 12.4 Å². The Morgan fingerprint density at radius 1 is 1.50 bits per heavy atom. The van der Waals surface area contributed by atoms with Gasteiger partial charge < -0.3 is 5.32 Å². The number of hydrogen-bond donors (Lipinski definition) is 1. The van der Waals surface area contributed by atoms with Crippen molar-refractivity contribution in [3.63, 3.8) is 0 Å². The summed E-state index contributed by atoms with van der Waals surface area (Å²) < 4.78 is 0. The molecule has 0 saturated heterocycles. The summed E-state index contributed by atoms with van der Waals surface area (Å²) in [6.45, 7) is 3.23. The fourth-order valence-corrected chi connectivity index (χ4v) is 2.34. The van der Waals surface area contributed by atoms with Gasteiger partial charge in [-0.15, -0.1) is 11.6 Å². The van der Waals surface area contributed by atoms with E-state index in [2.05, 4.69) is 30.4 Å². The van der Waals surface area contributed by atoms with Crippen molar-refractivity contribution >= 4 is 11.6 Å². The van der Waals surface area contributed by atoms with E-state index in [0.29, 0.717) is 6.04 Å². The first-order valence-electron chi connectivity index (χ1n) is 5.20. The molecule has 1 aliphatic heterocycles. The van der Waals surface area contributed by atoms with Gasteiger partial charge in [-0.3, -0.25) is 0 Å². The van der Waals surface area contributed by atoms with Crippen molar-refractivity contribution in [3.05, 3.63) is 34.9 Å². The average molecular weight is 210 g/mol. The van der Waals surface area contributed by atoms with E-state index >= 15 is 0 Å². The second-order valence-electron chi connectivity index (χ2n) is 3.94. The Balaban J connectivity index is 2.32. The summed E-state index contributed by atoms with van der Waals surface area (Å²) in [6.07, 6.45) is 2.17. The van der Waals surface area contributed by atoms with Crippen molar-refractivity contribution in [2.24, 2.45) is 0 Å². The average Bonchev–Trinajstić information content (AvgIpc) is 2.19. The predicted molar refractivity (Wildman–Crippen MR) is 61.0 cm³/mol. The summed E-state index contributed by atoms with van der Waals surface area (Å²) in [7, 11) is 0. The van der Waals surface area contributed by atoms with E-state index in [0.717, 1.165) is 25.3 Å². The minimum atomic E-state index is 0.469. The highest BCUT2D eigenvalue weighted by Gasteiger charge is 2.18. The van der Waals surface area contributed by atoms with Crippen LogP contribution in [-0.2, 0) is 6.42 Å². The molecule has 76 valence electrons. The molecule has 14 heavy (non-hydrogen) atoms. The van der Waals surface area contributed by atoms with Gasteiger partial charge in [0.25, 0.3) is 0 Å². The third-order valence-electron chi connectivity index (χ3n) is 2.86. The van der Waals surface area contributed by atoms with Gasteiger partial charge in [0.05, 0.1) is 0 Å². The van der Waals surface area contributed by atoms with Gasteiger partial charge in [-0.25, -0.2) is 0 Å². The van der Waals surface area contributed by atoms with Crippen molar-refractivity contribution < 1.29 is 0 Å². The normalized spacial score (nSPS) is 20.6. The number of halogens is 1. The Morgan fingerprint density at radius 2 is 2.36 bits per heavy atom. The molecule has 1 unspecified atom stereocenters. The minimum Gasteiger partial charge on any atom is -0.310 e. The Kier molecular flexibility index (Phi) is 3.09. The third-order valence-corrected chi connectivity index (χ3v) is 3.08. The maximum atomic E-state index is 5.80. The van der Waals surface area contributed by atoms with Crippen LogP contribution >= 0.6 is 11.6 Å². The van der Waals surface area contributed by atoms with Gasteiger partial charge in [0.15, 0.2) is 0 Å². The number of hydrogen-bond acceptors (Lipinski definition) is 1. The molecule has 0 saturated carbocycles. The minimum absolute atomic E-state index is 0.469. The van der Waals surface area contributed by atoms with Crippen LogP contribution in [0.2, 0.25) is 0 Å². The molecule has 2 rings (SSSR count). The molecule has 1 aliphatic rings. The van der Waals surface area contributed by atoms with Crippen LogP contribution in [0.4, 0.5) is 0 Å². The molecule has 0 aromatic heterocycles. The van der Waals surface area contributed by atoms with Crippen molar-refractivity contribution in [2.45, 2.75) is 25.8 Å². The standard InChI is InChI=1S/C12H16ClN/c1-9-2-3-10-5-7-14-12(4-6-13)11(10)8-9/h2-3,8,12,14H,4-7H2,1H3. The SMILES string of the molecule is Cc1ccc2c(c1)C(CCCl)NCC2. The van der Waals surface area contributed by atoms with E-state index in [-0.39, 0.29) is 0 Å². The number of benzene rings is 1. The Bertz CT molecular complexity index is 322. The molecule has 1 aromatic carbocycles. The molecule has 0 amide bonds. The maximum Gasteiger partial charge on any atom is 0.0334 e. The molecule has 0 bridgehead atoms. The van der Waals surface area contributed by atoms with Gasteiger partial charge in [-0.1, -0.05) is 23.8 Å². The van der Waals surface area contributed by atoms with Crippen molar-refractivity contribution in [1.29, 1.82) is 0 Å². The highest BCUT2D eigenvalue weighted by molar-refractivity contribution is 6.17. The van der Waals surface area contributed by atoms with Gasteiger partial charge >= 0.3 is 0 Å². The molecule has 1 heterocycles. The monoisotopic (exact) mass is 209 g/mol. The molecule has 0 spiro atoms. The van der Waals surface area contributed by atoms with Gasteiger partial charge in [-0.2, -0.15) is 0 Å². The maximum absolute atomic E-state index is 5.80. The molecule has 2 heteroatoms. The molecular weight excluding hydrogens is 194 g/mol. The largest absolute Gasteiger partial charge is 0.310 e. The lowest BCUT2D eigenvalue weighted by molar-refractivity contribution is 0.494. The fraction of sp³-hybridized carbons (Fsp3) is 0.500. The molecule has 0 fully saturated rings. The number of fused-ring (bicyclic) bond motifs is 1. The van der Waals surface area contributed by atoms with E-state index in [1.807, 2.05) is 0 Å². The zero-order valence-corrected chi connectivity index (χ0v) is 9.27. The lowest BCUT2D eigenvalue weighted by Gasteiger charge is -2.26. The number of nitrogens with one attached hydrogen (secondary N) is 1. The summed E-state index contributed by atoms with van der Waals surface area (Å²) in [5.74, 6) is 0.727. The number of alkyl halides is 1. The van der Waals surface area contributed by atoms with Crippen LogP contribution in [0, 0.1) is 6.92 Å². The molecule has 1 aromatic rings. The molecule has 1 atom stereocenters. The Labute approximate surface area is 90.5 Å². The lowest BCUT2D eigenvalue weighted by Crippen LogP contribution is -2.30. The van der Waals surface area contributed by atoms with Gasteiger partial charge in [0.1, 0.15) is 0 Å². The fourth-order valence-electron chi connectivity index (χ4n) is 2.12. The van der Waals surface area contributed by atoms with Gasteiger partial charge in [0, 0.05) is 11.9 Å². The zero-order valence-electron chi connectivity index (χ0n) is 8.52. The topological polar surface area (TPSA) is 12.0 Å². The van der Waals surface area contributed by atoms with Crippen LogP contribution in [0.5, 0.6) is 0 Å². The smallest absolute Gasteiger partial charge is 0.0334 e. The molecule has 1 N–H and O–H groups in total. The van der Waals surface area contributed by atoms with Crippen LogP contribution in [-0.4, -0.2) is 12.4 Å². The first kappa shape index (κ1) is 10.0. The van der Waals surface area contributed by atoms with E-state index in [1.54, 1.807) is 0 Å². The Morgan fingerprint density at radius 3 is 3.14 bits per heavy atom. The van der Waals surface area contributed by atoms with Gasteiger partial charge in [-0.05, 0) is 37.4 Å².